The molecule has 3 N–H and O–H groups in total. The Bertz CT molecular complexity index is 1030. The Balaban J connectivity index is 1.74. The van der Waals surface area contributed by atoms with Crippen LogP contribution in [0.15, 0.2) is 43.0 Å². The Hall–Kier alpha value is -3.42. The van der Waals surface area contributed by atoms with Crippen LogP contribution in [-0.4, -0.2) is 29.4 Å². The van der Waals surface area contributed by atoms with Gasteiger partial charge in [0.15, 0.2) is 5.65 Å². The Morgan fingerprint density at radius 1 is 1.17 bits per heavy atom. The summed E-state index contributed by atoms with van der Waals surface area (Å²) < 4.78 is 3.48. The van der Waals surface area contributed by atoms with Crippen LogP contribution in [0.5, 0.6) is 0 Å². The van der Waals surface area contributed by atoms with Crippen molar-refractivity contribution in [2.24, 2.45) is 7.05 Å². The summed E-state index contributed by atoms with van der Waals surface area (Å²) in [7, 11) is 1.87. The van der Waals surface area contributed by atoms with Gasteiger partial charge in [0.25, 0.3) is 0 Å². The number of nitrogen functional groups attached to an aromatic ring is 1. The van der Waals surface area contributed by atoms with Gasteiger partial charge in [-0.15, -0.1) is 5.10 Å². The number of hydrogen-bond acceptors (Lipinski definition) is 6. The zero-order valence-corrected chi connectivity index (χ0v) is 13.3. The number of benzene rings is 1. The Morgan fingerprint density at radius 2 is 2.04 bits per heavy atom. The number of nitrogens with one attached hydrogen (secondary N) is 1. The number of rotatable bonds is 3. The minimum Gasteiger partial charge on any atom is -0.399 e. The maximum absolute atomic E-state index is 5.85. The molecule has 0 radical (unpaired) electrons. The van der Waals surface area contributed by atoms with Gasteiger partial charge in [0.05, 0.1) is 24.3 Å². The summed E-state index contributed by atoms with van der Waals surface area (Å²) in [5.41, 5.74) is 10.9. The fraction of sp³-hybridized carbons (Fsp3) is 0.125. The fourth-order valence-corrected chi connectivity index (χ4v) is 2.50. The van der Waals surface area contributed by atoms with Crippen LogP contribution in [0.25, 0.3) is 16.9 Å². The van der Waals surface area contributed by atoms with Gasteiger partial charge in [-0.25, -0.2) is 4.52 Å². The number of nitrogens with two attached hydrogens (primary N) is 1. The number of nitrogens with zero attached hydrogens (tertiary/aromatic N) is 6. The zero-order valence-electron chi connectivity index (χ0n) is 13.3. The van der Waals surface area contributed by atoms with Crippen LogP contribution in [0.3, 0.4) is 0 Å². The van der Waals surface area contributed by atoms with Gasteiger partial charge in [-0.2, -0.15) is 10.1 Å². The summed E-state index contributed by atoms with van der Waals surface area (Å²) in [6.07, 6.45) is 7.10. The van der Waals surface area contributed by atoms with Gasteiger partial charge in [-0.05, 0) is 30.7 Å². The molecule has 4 aromatic rings. The van der Waals surface area contributed by atoms with E-state index in [4.69, 9.17) is 5.73 Å². The molecule has 24 heavy (non-hydrogen) atoms. The number of anilines is 3. The van der Waals surface area contributed by atoms with Crippen molar-refractivity contribution in [1.29, 1.82) is 0 Å². The summed E-state index contributed by atoms with van der Waals surface area (Å²) >= 11 is 0. The number of fused-ring (bicyclic) bond motifs is 1. The molecule has 3 aromatic heterocycles. The largest absolute Gasteiger partial charge is 0.399 e. The number of aromatic nitrogens is 6. The number of aryl methyl sites for hydroxylation is 2. The van der Waals surface area contributed by atoms with E-state index in [1.54, 1.807) is 27.8 Å². The van der Waals surface area contributed by atoms with Crippen LogP contribution in [-0.2, 0) is 7.05 Å². The SMILES string of the molecule is Cc1cc(Nc2nc3cncc(-c4cnn(C)c4)n3n2)ccc1N. The van der Waals surface area contributed by atoms with Gasteiger partial charge in [-0.3, -0.25) is 9.67 Å². The Labute approximate surface area is 138 Å². The van der Waals surface area contributed by atoms with Crippen molar-refractivity contribution >= 4 is 23.0 Å². The van der Waals surface area contributed by atoms with Gasteiger partial charge in [0.2, 0.25) is 5.95 Å². The topological polar surface area (TPSA) is 99.0 Å². The first-order valence-corrected chi connectivity index (χ1v) is 7.43. The zero-order chi connectivity index (χ0) is 16.7. The van der Waals surface area contributed by atoms with Crippen LogP contribution in [0.4, 0.5) is 17.3 Å². The van der Waals surface area contributed by atoms with Crippen LogP contribution in [0.1, 0.15) is 5.56 Å². The van der Waals surface area contributed by atoms with Crippen LogP contribution < -0.4 is 11.1 Å². The van der Waals surface area contributed by atoms with E-state index in [0.717, 1.165) is 28.2 Å². The predicted molar refractivity (Wildman–Crippen MR) is 91.9 cm³/mol. The highest BCUT2D eigenvalue weighted by Crippen LogP contribution is 2.22. The minimum absolute atomic E-state index is 0.498. The molecule has 120 valence electrons. The van der Waals surface area contributed by atoms with E-state index in [1.807, 2.05) is 38.4 Å². The first kappa shape index (κ1) is 14.2. The molecule has 0 aliphatic heterocycles. The molecular formula is C16H16N8. The summed E-state index contributed by atoms with van der Waals surface area (Å²) in [6.45, 7) is 1.96. The van der Waals surface area contributed by atoms with Crippen LogP contribution >= 0.6 is 0 Å². The second-order valence-electron chi connectivity index (χ2n) is 5.60. The second kappa shape index (κ2) is 5.34. The monoisotopic (exact) mass is 320 g/mol. The number of hydrogen-bond donors (Lipinski definition) is 2. The van der Waals surface area contributed by atoms with Gasteiger partial charge in [0.1, 0.15) is 0 Å². The lowest BCUT2D eigenvalue weighted by atomic mass is 10.2. The molecule has 0 aliphatic carbocycles. The van der Waals surface area contributed by atoms with Crippen molar-refractivity contribution in [3.05, 3.63) is 48.5 Å². The highest BCUT2D eigenvalue weighted by molar-refractivity contribution is 5.64. The van der Waals surface area contributed by atoms with Crippen molar-refractivity contribution in [2.75, 3.05) is 11.1 Å². The molecule has 0 bridgehead atoms. The molecule has 3 heterocycles. The summed E-state index contributed by atoms with van der Waals surface area (Å²) in [6, 6.07) is 5.71. The maximum Gasteiger partial charge on any atom is 0.247 e. The van der Waals surface area contributed by atoms with E-state index in [1.165, 1.54) is 0 Å². The third kappa shape index (κ3) is 2.43. The molecule has 0 atom stereocenters. The minimum atomic E-state index is 0.498. The van der Waals surface area contributed by atoms with Crippen LogP contribution in [0.2, 0.25) is 0 Å². The molecule has 0 saturated carbocycles. The quantitative estimate of drug-likeness (QED) is 0.561. The average molecular weight is 320 g/mol. The lowest BCUT2D eigenvalue weighted by molar-refractivity contribution is 0.768. The van der Waals surface area contributed by atoms with Crippen molar-refractivity contribution < 1.29 is 0 Å². The van der Waals surface area contributed by atoms with E-state index in [0.29, 0.717) is 11.6 Å². The third-order valence-corrected chi connectivity index (χ3v) is 3.77. The Morgan fingerprint density at radius 3 is 2.79 bits per heavy atom. The normalized spacial score (nSPS) is 11.1. The highest BCUT2D eigenvalue weighted by atomic mass is 15.4. The Kier molecular flexibility index (Phi) is 3.16. The molecule has 0 fully saturated rings. The first-order chi connectivity index (χ1) is 11.6. The summed E-state index contributed by atoms with van der Waals surface area (Å²) in [4.78, 5) is 8.71. The highest BCUT2D eigenvalue weighted by Gasteiger charge is 2.11. The smallest absolute Gasteiger partial charge is 0.247 e. The molecule has 0 saturated heterocycles. The molecule has 8 nitrogen and oxygen atoms in total. The average Bonchev–Trinajstić information content (AvgIpc) is 3.16. The molecule has 0 amide bonds. The van der Waals surface area contributed by atoms with Crippen molar-refractivity contribution in [2.45, 2.75) is 6.92 Å². The maximum atomic E-state index is 5.85. The van der Waals surface area contributed by atoms with Crippen LogP contribution in [0, 0.1) is 6.92 Å². The van der Waals surface area contributed by atoms with E-state index >= 15 is 0 Å². The second-order valence-corrected chi connectivity index (χ2v) is 5.60. The van der Waals surface area contributed by atoms with Crippen molar-refractivity contribution in [3.63, 3.8) is 0 Å². The third-order valence-electron chi connectivity index (χ3n) is 3.77. The lowest BCUT2D eigenvalue weighted by Gasteiger charge is -2.04. The summed E-state index contributed by atoms with van der Waals surface area (Å²) in [5.74, 6) is 0.498. The predicted octanol–water partition coefficient (Wildman–Crippen LogP) is 2.16. The van der Waals surface area contributed by atoms with Gasteiger partial charge < -0.3 is 11.1 Å². The fourth-order valence-electron chi connectivity index (χ4n) is 2.50. The van der Waals surface area contributed by atoms with Gasteiger partial charge in [-0.1, -0.05) is 0 Å². The molecule has 0 aliphatic rings. The molecule has 1 aromatic carbocycles. The van der Waals surface area contributed by atoms with E-state index < -0.39 is 0 Å². The summed E-state index contributed by atoms with van der Waals surface area (Å²) in [5, 5.41) is 11.9. The van der Waals surface area contributed by atoms with Gasteiger partial charge in [0, 0.05) is 30.2 Å². The molecule has 8 heteroatoms. The lowest BCUT2D eigenvalue weighted by Crippen LogP contribution is -1.97. The molecule has 0 unspecified atom stereocenters. The first-order valence-electron chi connectivity index (χ1n) is 7.43. The molecule has 0 spiro atoms. The van der Waals surface area contributed by atoms with E-state index in [9.17, 15) is 0 Å². The molecular weight excluding hydrogens is 304 g/mol. The van der Waals surface area contributed by atoms with Gasteiger partial charge >= 0.3 is 0 Å². The van der Waals surface area contributed by atoms with E-state index in [-0.39, 0.29) is 0 Å². The van der Waals surface area contributed by atoms with E-state index in [2.05, 4.69) is 25.5 Å². The van der Waals surface area contributed by atoms with Crippen molar-refractivity contribution in [3.8, 4) is 11.3 Å². The standard InChI is InChI=1S/C16H16N8/c1-10-5-12(3-4-13(10)17)20-16-21-15-8-18-7-14(24(15)22-16)11-6-19-23(2)9-11/h3-9H,17H2,1-2H3,(H,20,22). The van der Waals surface area contributed by atoms with Crippen molar-refractivity contribution in [1.82, 2.24) is 29.4 Å². The molecule has 4 rings (SSSR count).